The predicted octanol–water partition coefficient (Wildman–Crippen LogP) is 4.74. The van der Waals surface area contributed by atoms with E-state index >= 15 is 0 Å². The Kier molecular flexibility index (Phi) is 5.75. The average molecular weight is 333 g/mol. The van der Waals surface area contributed by atoms with Gasteiger partial charge in [0.05, 0.1) is 15.7 Å². The van der Waals surface area contributed by atoms with Crippen molar-refractivity contribution in [2.24, 2.45) is 5.92 Å². The molecule has 2 atom stereocenters. The van der Waals surface area contributed by atoms with Gasteiger partial charge in [0.2, 0.25) is 0 Å². The van der Waals surface area contributed by atoms with Crippen LogP contribution in [0.15, 0.2) is 12.1 Å². The molecule has 1 saturated heterocycles. The van der Waals surface area contributed by atoms with Crippen LogP contribution in [0.3, 0.4) is 0 Å². The zero-order valence-corrected chi connectivity index (χ0v) is 14.3. The molecule has 0 radical (unpaired) electrons. The van der Waals surface area contributed by atoms with Gasteiger partial charge in [-0.1, -0.05) is 44.0 Å². The van der Waals surface area contributed by atoms with Gasteiger partial charge >= 0.3 is 0 Å². The van der Waals surface area contributed by atoms with Gasteiger partial charge < -0.3 is 10.2 Å². The summed E-state index contributed by atoms with van der Waals surface area (Å²) in [4.78, 5) is 2.24. The lowest BCUT2D eigenvalue weighted by atomic mass is 9.98. The molecule has 0 amide bonds. The predicted molar refractivity (Wildman–Crippen MR) is 89.1 cm³/mol. The lowest BCUT2D eigenvalue weighted by Crippen LogP contribution is -2.57. The minimum atomic E-state index is -0.393. The Bertz CT molecular complexity index is 470. The van der Waals surface area contributed by atoms with Crippen molar-refractivity contribution in [1.82, 2.24) is 5.32 Å². The quantitative estimate of drug-likeness (QED) is 0.856. The molecule has 21 heavy (non-hydrogen) atoms. The van der Waals surface area contributed by atoms with Gasteiger partial charge in [0.25, 0.3) is 0 Å². The fourth-order valence-corrected chi connectivity index (χ4v) is 3.72. The van der Waals surface area contributed by atoms with Gasteiger partial charge in [-0.3, -0.25) is 0 Å². The van der Waals surface area contributed by atoms with E-state index in [-0.39, 0.29) is 0 Å². The molecule has 2 rings (SSSR count). The van der Waals surface area contributed by atoms with E-state index in [2.05, 4.69) is 31.0 Å². The van der Waals surface area contributed by atoms with Crippen LogP contribution in [0.5, 0.6) is 0 Å². The van der Waals surface area contributed by atoms with E-state index in [1.807, 2.05) is 0 Å². The molecule has 118 valence electrons. The minimum absolute atomic E-state index is 0.328. The van der Waals surface area contributed by atoms with Crippen LogP contribution in [0.2, 0.25) is 10.0 Å². The topological polar surface area (TPSA) is 15.3 Å². The van der Waals surface area contributed by atoms with Gasteiger partial charge in [-0.2, -0.15) is 0 Å². The van der Waals surface area contributed by atoms with Crippen LogP contribution in [-0.2, 0) is 0 Å². The molecular weight excluding hydrogens is 310 g/mol. The normalized spacial score (nSPS) is 22.9. The Morgan fingerprint density at radius 3 is 2.48 bits per heavy atom. The maximum Gasteiger partial charge on any atom is 0.126 e. The van der Waals surface area contributed by atoms with Crippen molar-refractivity contribution in [1.29, 1.82) is 0 Å². The maximum atomic E-state index is 13.4. The Hall–Kier alpha value is -0.510. The second kappa shape index (κ2) is 7.17. The van der Waals surface area contributed by atoms with Gasteiger partial charge in [-0.05, 0) is 30.9 Å². The third-order valence-electron chi connectivity index (χ3n) is 4.00. The zero-order valence-electron chi connectivity index (χ0n) is 12.8. The summed E-state index contributed by atoms with van der Waals surface area (Å²) >= 11 is 12.5. The Morgan fingerprint density at radius 2 is 1.95 bits per heavy atom. The highest BCUT2D eigenvalue weighted by atomic mass is 35.5. The van der Waals surface area contributed by atoms with Gasteiger partial charge in [0, 0.05) is 25.2 Å². The third-order valence-corrected chi connectivity index (χ3v) is 4.57. The lowest BCUT2D eigenvalue weighted by molar-refractivity contribution is 0.343. The summed E-state index contributed by atoms with van der Waals surface area (Å²) in [5.74, 6) is 0.234. The Labute approximate surface area is 136 Å². The number of nitrogens with one attached hydrogen (secondary N) is 1. The summed E-state index contributed by atoms with van der Waals surface area (Å²) < 4.78 is 13.4. The Morgan fingerprint density at radius 1 is 1.33 bits per heavy atom. The number of anilines is 1. The number of hydrogen-bond acceptors (Lipinski definition) is 2. The van der Waals surface area contributed by atoms with E-state index in [0.29, 0.717) is 28.0 Å². The van der Waals surface area contributed by atoms with Crippen LogP contribution < -0.4 is 10.2 Å². The van der Waals surface area contributed by atoms with E-state index in [1.54, 1.807) is 0 Å². The number of rotatable bonds is 4. The van der Waals surface area contributed by atoms with Crippen molar-refractivity contribution < 1.29 is 4.39 Å². The van der Waals surface area contributed by atoms with Crippen LogP contribution in [0.1, 0.15) is 33.6 Å². The van der Waals surface area contributed by atoms with Crippen LogP contribution in [0.4, 0.5) is 10.1 Å². The first-order chi connectivity index (χ1) is 9.92. The summed E-state index contributed by atoms with van der Waals surface area (Å²) in [5.41, 5.74) is 0.766. The van der Waals surface area contributed by atoms with Crippen molar-refractivity contribution in [3.05, 3.63) is 28.0 Å². The summed E-state index contributed by atoms with van der Waals surface area (Å²) in [6.45, 7) is 8.33. The fraction of sp³-hybridized carbons (Fsp3) is 0.625. The molecule has 0 aromatic heterocycles. The van der Waals surface area contributed by atoms with Crippen LogP contribution >= 0.6 is 23.2 Å². The molecule has 1 aliphatic heterocycles. The number of halogens is 3. The molecule has 2 unspecified atom stereocenters. The molecule has 1 heterocycles. The second-order valence-electron chi connectivity index (χ2n) is 6.17. The number of nitrogens with zero attached hydrogens (tertiary/aromatic N) is 1. The molecular formula is C16H23Cl2FN2. The molecule has 0 saturated carbocycles. The van der Waals surface area contributed by atoms with Gasteiger partial charge in [0.15, 0.2) is 0 Å². The summed E-state index contributed by atoms with van der Waals surface area (Å²) in [5, 5.41) is 4.38. The highest BCUT2D eigenvalue weighted by Gasteiger charge is 2.30. The summed E-state index contributed by atoms with van der Waals surface area (Å²) in [7, 11) is 0. The minimum Gasteiger partial charge on any atom is -0.363 e. The standard InChI is InChI=1S/C16H23Cl2FN2/c1-4-13-8-20-12(5-10(2)3)9-21(13)16-14(17)6-11(19)7-15(16)18/h6-7,10,12-13,20H,4-5,8-9H2,1-3H3. The van der Waals surface area contributed by atoms with Crippen LogP contribution in [0.25, 0.3) is 0 Å². The zero-order chi connectivity index (χ0) is 15.6. The van der Waals surface area contributed by atoms with Gasteiger partial charge in [-0.15, -0.1) is 0 Å². The molecule has 5 heteroatoms. The first-order valence-electron chi connectivity index (χ1n) is 7.56. The van der Waals surface area contributed by atoms with Crippen molar-refractivity contribution in [3.8, 4) is 0 Å². The smallest absolute Gasteiger partial charge is 0.126 e. The average Bonchev–Trinajstić information content (AvgIpc) is 2.37. The highest BCUT2D eigenvalue weighted by Crippen LogP contribution is 2.37. The lowest BCUT2D eigenvalue weighted by Gasteiger charge is -2.43. The molecule has 0 aliphatic carbocycles. The van der Waals surface area contributed by atoms with E-state index in [4.69, 9.17) is 23.2 Å². The number of piperazine rings is 1. The molecule has 1 N–H and O–H groups in total. The number of hydrogen-bond donors (Lipinski definition) is 1. The van der Waals surface area contributed by atoms with Crippen LogP contribution in [-0.4, -0.2) is 25.2 Å². The molecule has 1 aromatic rings. The van der Waals surface area contributed by atoms with E-state index in [9.17, 15) is 4.39 Å². The monoisotopic (exact) mass is 332 g/mol. The summed E-state index contributed by atoms with van der Waals surface area (Å²) in [6, 6.07) is 3.42. The SMILES string of the molecule is CCC1CNC(CC(C)C)CN1c1c(Cl)cc(F)cc1Cl. The highest BCUT2D eigenvalue weighted by molar-refractivity contribution is 6.39. The molecule has 1 fully saturated rings. The van der Waals surface area contributed by atoms with Crippen molar-refractivity contribution in [3.63, 3.8) is 0 Å². The summed E-state index contributed by atoms with van der Waals surface area (Å²) in [6.07, 6.45) is 2.09. The van der Waals surface area contributed by atoms with E-state index < -0.39 is 5.82 Å². The van der Waals surface area contributed by atoms with Crippen molar-refractivity contribution in [2.45, 2.75) is 45.7 Å². The molecule has 1 aliphatic rings. The molecule has 0 bridgehead atoms. The van der Waals surface area contributed by atoms with Gasteiger partial charge in [0.1, 0.15) is 5.82 Å². The van der Waals surface area contributed by atoms with E-state index in [1.165, 1.54) is 12.1 Å². The first-order valence-corrected chi connectivity index (χ1v) is 8.32. The molecule has 0 spiro atoms. The second-order valence-corrected chi connectivity index (χ2v) is 6.98. The molecule has 1 aromatic carbocycles. The van der Waals surface area contributed by atoms with E-state index in [0.717, 1.165) is 31.6 Å². The third kappa shape index (κ3) is 4.02. The molecule has 2 nitrogen and oxygen atoms in total. The van der Waals surface area contributed by atoms with Crippen LogP contribution in [0, 0.1) is 11.7 Å². The van der Waals surface area contributed by atoms with Crippen molar-refractivity contribution >= 4 is 28.9 Å². The van der Waals surface area contributed by atoms with Crippen molar-refractivity contribution in [2.75, 3.05) is 18.0 Å². The number of benzene rings is 1. The maximum absolute atomic E-state index is 13.4. The largest absolute Gasteiger partial charge is 0.363 e. The first kappa shape index (κ1) is 16.9. The Balaban J connectivity index is 2.29. The fourth-order valence-electron chi connectivity index (χ4n) is 3.04. The van der Waals surface area contributed by atoms with Gasteiger partial charge in [-0.25, -0.2) is 4.39 Å².